The molecular formula is C35H32N2O4S. The highest BCUT2D eigenvalue weighted by atomic mass is 32.1. The second kappa shape index (κ2) is 12.4. The van der Waals surface area contributed by atoms with Crippen LogP contribution in [-0.4, -0.2) is 23.5 Å². The van der Waals surface area contributed by atoms with Gasteiger partial charge in [0.25, 0.3) is 11.8 Å². The van der Waals surface area contributed by atoms with Gasteiger partial charge in [0, 0.05) is 0 Å². The van der Waals surface area contributed by atoms with Gasteiger partial charge in [-0.15, -0.1) is 0 Å². The van der Waals surface area contributed by atoms with Crippen molar-refractivity contribution in [3.63, 3.8) is 0 Å². The Morgan fingerprint density at radius 1 is 0.667 bits per heavy atom. The summed E-state index contributed by atoms with van der Waals surface area (Å²) in [5.41, 5.74) is 6.09. The number of rotatable bonds is 8. The van der Waals surface area contributed by atoms with E-state index in [2.05, 4.69) is 0 Å². The lowest BCUT2D eigenvalue weighted by molar-refractivity contribution is -0.120. The average molecular weight is 577 g/mol. The molecule has 0 aliphatic carbocycles. The summed E-state index contributed by atoms with van der Waals surface area (Å²) in [5, 5.41) is 0.102. The normalized spacial score (nSPS) is 13.4. The molecule has 0 N–H and O–H groups in total. The maximum absolute atomic E-state index is 13.9. The number of nitrogens with zero attached hydrogens (tertiary/aromatic N) is 2. The zero-order valence-electron chi connectivity index (χ0n) is 24.1. The molecule has 0 saturated carbocycles. The minimum absolute atomic E-state index is 0.0134. The van der Waals surface area contributed by atoms with Gasteiger partial charge in [0.05, 0.1) is 18.0 Å². The van der Waals surface area contributed by atoms with Crippen LogP contribution in [0.15, 0.2) is 96.6 Å². The summed E-state index contributed by atoms with van der Waals surface area (Å²) in [4.78, 5) is 30.6. The van der Waals surface area contributed by atoms with E-state index in [4.69, 9.17) is 21.7 Å². The van der Waals surface area contributed by atoms with E-state index in [0.717, 1.165) is 16.7 Å². The van der Waals surface area contributed by atoms with Gasteiger partial charge in [-0.05, 0) is 93.5 Å². The van der Waals surface area contributed by atoms with Crippen molar-refractivity contribution < 1.29 is 19.1 Å². The number of aryl methyl sites for hydroxylation is 3. The molecule has 1 heterocycles. The van der Waals surface area contributed by atoms with Crippen molar-refractivity contribution in [3.8, 4) is 11.5 Å². The molecule has 4 aromatic carbocycles. The molecule has 0 spiro atoms. The van der Waals surface area contributed by atoms with Gasteiger partial charge in [0.2, 0.25) is 0 Å². The monoisotopic (exact) mass is 576 g/mol. The van der Waals surface area contributed by atoms with Crippen LogP contribution in [0, 0.1) is 20.8 Å². The Morgan fingerprint density at radius 3 is 1.67 bits per heavy atom. The van der Waals surface area contributed by atoms with Crippen LogP contribution in [0.3, 0.4) is 0 Å². The van der Waals surface area contributed by atoms with Crippen LogP contribution in [0.5, 0.6) is 11.5 Å². The number of carbonyl (C=O) groups excluding carboxylic acids is 2. The largest absolute Gasteiger partial charge is 0.490 e. The Kier molecular flexibility index (Phi) is 8.50. The van der Waals surface area contributed by atoms with E-state index in [0.29, 0.717) is 41.7 Å². The van der Waals surface area contributed by atoms with Gasteiger partial charge in [-0.3, -0.25) is 19.4 Å². The van der Waals surface area contributed by atoms with Crippen LogP contribution in [0.1, 0.15) is 34.7 Å². The van der Waals surface area contributed by atoms with Gasteiger partial charge in [-0.25, -0.2) is 0 Å². The van der Waals surface area contributed by atoms with Gasteiger partial charge in [-0.1, -0.05) is 71.3 Å². The Bertz CT molecular complexity index is 1590. The molecule has 1 fully saturated rings. The predicted octanol–water partition coefficient (Wildman–Crippen LogP) is 7.34. The van der Waals surface area contributed by atoms with Crippen LogP contribution in [0.25, 0.3) is 6.08 Å². The van der Waals surface area contributed by atoms with Gasteiger partial charge >= 0.3 is 0 Å². The van der Waals surface area contributed by atoms with Crippen molar-refractivity contribution in [3.05, 3.63) is 124 Å². The SMILES string of the molecule is CCOc1cc(C=C2C(=O)N(c3ccc(C)cc3)C(=S)N(c3ccc(C)cc3)C2=O)ccc1OCc1ccc(C)cc1. The molecule has 7 heteroatoms. The number of hydrogen-bond donors (Lipinski definition) is 0. The van der Waals surface area contributed by atoms with Crippen molar-refractivity contribution >= 4 is 46.6 Å². The summed E-state index contributed by atoms with van der Waals surface area (Å²) >= 11 is 5.75. The average Bonchev–Trinajstić information content (AvgIpc) is 2.98. The quantitative estimate of drug-likeness (QED) is 0.125. The number of amides is 2. The van der Waals surface area contributed by atoms with E-state index >= 15 is 0 Å². The Morgan fingerprint density at radius 2 is 1.17 bits per heavy atom. The second-order valence-corrected chi connectivity index (χ2v) is 10.6. The Balaban J connectivity index is 1.52. The molecule has 0 aromatic heterocycles. The molecule has 0 bridgehead atoms. The maximum Gasteiger partial charge on any atom is 0.270 e. The Labute approximate surface area is 251 Å². The molecule has 42 heavy (non-hydrogen) atoms. The molecule has 2 amide bonds. The number of anilines is 2. The van der Waals surface area contributed by atoms with Gasteiger partial charge in [0.1, 0.15) is 12.2 Å². The summed E-state index contributed by atoms with van der Waals surface area (Å²) in [6.45, 7) is 8.68. The van der Waals surface area contributed by atoms with Gasteiger partial charge in [-0.2, -0.15) is 0 Å². The smallest absolute Gasteiger partial charge is 0.270 e. The summed E-state index contributed by atoms with van der Waals surface area (Å²) in [6.07, 6.45) is 1.58. The first-order valence-corrected chi connectivity index (χ1v) is 14.2. The fourth-order valence-corrected chi connectivity index (χ4v) is 4.96. The minimum Gasteiger partial charge on any atom is -0.490 e. The summed E-state index contributed by atoms with van der Waals surface area (Å²) in [7, 11) is 0. The van der Waals surface area contributed by atoms with Crippen LogP contribution in [0.4, 0.5) is 11.4 Å². The van der Waals surface area contributed by atoms with E-state index in [1.165, 1.54) is 15.4 Å². The molecular weight excluding hydrogens is 544 g/mol. The first-order chi connectivity index (χ1) is 20.2. The molecule has 1 aliphatic heterocycles. The zero-order chi connectivity index (χ0) is 29.8. The topological polar surface area (TPSA) is 59.1 Å². The summed E-state index contributed by atoms with van der Waals surface area (Å²) < 4.78 is 12.0. The molecule has 1 aliphatic rings. The zero-order valence-corrected chi connectivity index (χ0v) is 24.9. The maximum atomic E-state index is 13.9. The van der Waals surface area contributed by atoms with Crippen LogP contribution in [-0.2, 0) is 16.2 Å². The van der Waals surface area contributed by atoms with Gasteiger partial charge in [0.15, 0.2) is 16.6 Å². The predicted molar refractivity (Wildman–Crippen MR) is 171 cm³/mol. The molecule has 6 nitrogen and oxygen atoms in total. The van der Waals surface area contributed by atoms with E-state index in [-0.39, 0.29) is 10.7 Å². The summed E-state index contributed by atoms with van der Waals surface area (Å²) in [5.74, 6) is 0.116. The number of thiocarbonyl (C=S) groups is 1. The van der Waals surface area contributed by atoms with Gasteiger partial charge < -0.3 is 9.47 Å². The van der Waals surface area contributed by atoms with Crippen LogP contribution < -0.4 is 19.3 Å². The lowest BCUT2D eigenvalue weighted by atomic mass is 10.0. The van der Waals surface area contributed by atoms with E-state index in [1.807, 2.05) is 100 Å². The van der Waals surface area contributed by atoms with Crippen LogP contribution in [0.2, 0.25) is 0 Å². The molecule has 5 rings (SSSR count). The Hall–Kier alpha value is -4.75. The van der Waals surface area contributed by atoms with Crippen molar-refractivity contribution in [2.45, 2.75) is 34.3 Å². The second-order valence-electron chi connectivity index (χ2n) is 10.2. The summed E-state index contributed by atoms with van der Waals surface area (Å²) in [6, 6.07) is 28.5. The molecule has 4 aromatic rings. The molecule has 212 valence electrons. The number of ether oxygens (including phenoxy) is 2. The lowest BCUT2D eigenvalue weighted by Gasteiger charge is -2.36. The number of carbonyl (C=O) groups is 2. The first-order valence-electron chi connectivity index (χ1n) is 13.8. The third-order valence-corrected chi connectivity index (χ3v) is 7.29. The third-order valence-electron chi connectivity index (χ3n) is 6.93. The van der Waals surface area contributed by atoms with Crippen molar-refractivity contribution in [2.24, 2.45) is 0 Å². The van der Waals surface area contributed by atoms with Crippen molar-refractivity contribution in [1.82, 2.24) is 0 Å². The minimum atomic E-state index is -0.491. The number of benzene rings is 4. The first kappa shape index (κ1) is 28.8. The molecule has 0 atom stereocenters. The third kappa shape index (κ3) is 6.11. The van der Waals surface area contributed by atoms with E-state index in [1.54, 1.807) is 24.3 Å². The molecule has 1 saturated heterocycles. The lowest BCUT2D eigenvalue weighted by Crippen LogP contribution is -2.56. The fourth-order valence-electron chi connectivity index (χ4n) is 4.59. The van der Waals surface area contributed by atoms with Crippen LogP contribution >= 0.6 is 12.2 Å². The van der Waals surface area contributed by atoms with Crippen molar-refractivity contribution in [2.75, 3.05) is 16.4 Å². The highest BCUT2D eigenvalue weighted by Crippen LogP contribution is 2.33. The highest BCUT2D eigenvalue weighted by molar-refractivity contribution is 7.81. The molecule has 0 radical (unpaired) electrons. The van der Waals surface area contributed by atoms with Crippen molar-refractivity contribution in [1.29, 1.82) is 0 Å². The fraction of sp³-hybridized carbons (Fsp3) is 0.171. The highest BCUT2D eigenvalue weighted by Gasteiger charge is 2.41. The number of hydrogen-bond acceptors (Lipinski definition) is 5. The standard InChI is InChI=1S/C35H32N2O4S/c1-5-40-32-21-27(14-19-31(32)41-22-26-12-6-23(2)7-13-26)20-30-33(38)36(28-15-8-24(3)9-16-28)35(42)37(34(30)39)29-17-10-25(4)11-18-29/h6-21H,5,22H2,1-4H3. The molecule has 0 unspecified atom stereocenters. The van der Waals surface area contributed by atoms with E-state index < -0.39 is 11.8 Å². The van der Waals surface area contributed by atoms with E-state index in [9.17, 15) is 9.59 Å².